The summed E-state index contributed by atoms with van der Waals surface area (Å²) in [4.78, 5) is 55.2. The fourth-order valence-corrected chi connectivity index (χ4v) is 8.36. The van der Waals surface area contributed by atoms with Gasteiger partial charge in [0.1, 0.15) is 23.0 Å². The monoisotopic (exact) mass is 914 g/mol. The molecule has 10 rings (SSSR count). The van der Waals surface area contributed by atoms with Gasteiger partial charge in [0.2, 0.25) is 0 Å². The Bertz CT molecular complexity index is 3340. The third-order valence-electron chi connectivity index (χ3n) is 12.0. The van der Waals surface area contributed by atoms with Crippen LogP contribution in [0.25, 0.3) is 54.9 Å². The molecule has 0 saturated heterocycles. The molecular formula is C62H42O8. The van der Waals surface area contributed by atoms with Crippen molar-refractivity contribution in [3.05, 3.63) is 252 Å². The van der Waals surface area contributed by atoms with E-state index in [2.05, 4.69) is 12.1 Å². The van der Waals surface area contributed by atoms with Crippen molar-refractivity contribution >= 4 is 45.4 Å². The van der Waals surface area contributed by atoms with Crippen molar-refractivity contribution in [3.63, 3.8) is 0 Å². The van der Waals surface area contributed by atoms with Gasteiger partial charge >= 0.3 is 23.9 Å². The zero-order valence-electron chi connectivity index (χ0n) is 38.1. The van der Waals surface area contributed by atoms with Gasteiger partial charge in [0.15, 0.2) is 0 Å². The van der Waals surface area contributed by atoms with Gasteiger partial charge in [0, 0.05) is 21.9 Å². The minimum atomic E-state index is -0.670. The molecular weight excluding hydrogens is 873 g/mol. The van der Waals surface area contributed by atoms with Crippen LogP contribution in [-0.2, 0) is 0 Å². The second-order valence-corrected chi connectivity index (χ2v) is 16.8. The first-order valence-electron chi connectivity index (χ1n) is 22.6. The highest BCUT2D eigenvalue weighted by Gasteiger charge is 2.29. The fraction of sp³-hybridized carbons (Fsp3) is 0.0323. The van der Waals surface area contributed by atoms with Gasteiger partial charge in [-0.25, -0.2) is 19.2 Å². The summed E-state index contributed by atoms with van der Waals surface area (Å²) in [6.45, 7) is 3.87. The van der Waals surface area contributed by atoms with E-state index in [1.54, 1.807) is 72.8 Å². The van der Waals surface area contributed by atoms with Gasteiger partial charge in [0.05, 0.1) is 22.3 Å². The maximum absolute atomic E-state index is 14.6. The van der Waals surface area contributed by atoms with E-state index in [1.165, 1.54) is 0 Å². The first-order valence-corrected chi connectivity index (χ1v) is 22.6. The molecule has 0 aliphatic rings. The molecule has 70 heavy (non-hydrogen) atoms. The Morgan fingerprint density at radius 1 is 0.314 bits per heavy atom. The standard InChI is InChI=1S/C62H42O8/c1-39-21-25-43(26-22-39)59(63)67-49-33-29-45(30-34-49)61(65)69-57-51-19-11-9-17-47(51)37-53(41-13-5-3-6-14-41)55(57)56-54(42-15-7-4-8-16-42)38-48-18-10-12-20-52(48)58(56)70-62(66)46-31-35-50(36-32-46)68-60(64)44-27-23-40(2)24-28-44/h3-38H,1-2H3. The Balaban J connectivity index is 1.12. The smallest absolute Gasteiger partial charge is 0.343 e. The lowest BCUT2D eigenvalue weighted by Gasteiger charge is -2.24. The van der Waals surface area contributed by atoms with Crippen LogP contribution < -0.4 is 18.9 Å². The largest absolute Gasteiger partial charge is 0.423 e. The Morgan fingerprint density at radius 3 is 0.971 bits per heavy atom. The Hall–Kier alpha value is -9.40. The number of carbonyl (C=O) groups is 4. The number of esters is 4. The van der Waals surface area contributed by atoms with E-state index in [0.29, 0.717) is 44.2 Å². The number of hydrogen-bond donors (Lipinski definition) is 0. The van der Waals surface area contributed by atoms with Crippen LogP contribution in [0.5, 0.6) is 23.0 Å². The summed E-state index contributed by atoms with van der Waals surface area (Å²) in [5.41, 5.74) is 7.32. The molecule has 0 spiro atoms. The first-order chi connectivity index (χ1) is 34.2. The molecule has 0 bridgehead atoms. The van der Waals surface area contributed by atoms with Gasteiger partial charge in [-0.05, 0) is 132 Å². The lowest BCUT2D eigenvalue weighted by Crippen LogP contribution is -2.13. The molecule has 0 aliphatic carbocycles. The number of ether oxygens (including phenoxy) is 4. The lowest BCUT2D eigenvalue weighted by molar-refractivity contribution is 0.0720. The zero-order valence-corrected chi connectivity index (χ0v) is 38.1. The van der Waals surface area contributed by atoms with Crippen LogP contribution in [0.4, 0.5) is 0 Å². The van der Waals surface area contributed by atoms with Gasteiger partial charge in [-0.3, -0.25) is 0 Å². The predicted octanol–water partition coefficient (Wildman–Crippen LogP) is 14.5. The van der Waals surface area contributed by atoms with E-state index in [9.17, 15) is 19.2 Å². The molecule has 0 saturated carbocycles. The van der Waals surface area contributed by atoms with Gasteiger partial charge in [0.25, 0.3) is 0 Å². The van der Waals surface area contributed by atoms with Crippen molar-refractivity contribution in [2.45, 2.75) is 13.8 Å². The number of benzene rings is 10. The van der Waals surface area contributed by atoms with Crippen LogP contribution in [0.15, 0.2) is 218 Å². The van der Waals surface area contributed by atoms with E-state index in [1.807, 2.05) is 147 Å². The topological polar surface area (TPSA) is 105 Å². The molecule has 10 aromatic carbocycles. The van der Waals surface area contributed by atoms with Crippen molar-refractivity contribution in [2.24, 2.45) is 0 Å². The van der Waals surface area contributed by atoms with Crippen LogP contribution in [0.3, 0.4) is 0 Å². The van der Waals surface area contributed by atoms with E-state index >= 15 is 0 Å². The van der Waals surface area contributed by atoms with Gasteiger partial charge in [-0.1, -0.05) is 145 Å². The molecule has 0 heterocycles. The van der Waals surface area contributed by atoms with Crippen molar-refractivity contribution in [1.29, 1.82) is 0 Å². The minimum absolute atomic E-state index is 0.205. The molecule has 0 atom stereocenters. The molecule has 0 radical (unpaired) electrons. The third-order valence-corrected chi connectivity index (χ3v) is 12.0. The average molecular weight is 915 g/mol. The molecule has 338 valence electrons. The third kappa shape index (κ3) is 9.30. The van der Waals surface area contributed by atoms with Crippen molar-refractivity contribution in [2.75, 3.05) is 0 Å². The fourth-order valence-electron chi connectivity index (χ4n) is 8.36. The molecule has 0 aliphatic heterocycles. The summed E-state index contributed by atoms with van der Waals surface area (Å²) in [7, 11) is 0. The average Bonchev–Trinajstić information content (AvgIpc) is 3.39. The number of aryl methyl sites for hydroxylation is 2. The minimum Gasteiger partial charge on any atom is -0.423 e. The number of rotatable bonds is 11. The van der Waals surface area contributed by atoms with Crippen molar-refractivity contribution in [3.8, 4) is 56.4 Å². The number of carbonyl (C=O) groups excluding carboxylic acids is 4. The van der Waals surface area contributed by atoms with Gasteiger partial charge in [-0.2, -0.15) is 0 Å². The summed E-state index contributed by atoms with van der Waals surface area (Å²) in [6.07, 6.45) is 0. The van der Waals surface area contributed by atoms with Gasteiger partial charge < -0.3 is 18.9 Å². The Kier molecular flexibility index (Phi) is 12.3. The van der Waals surface area contributed by atoms with E-state index in [-0.39, 0.29) is 34.1 Å². The molecule has 10 aromatic rings. The van der Waals surface area contributed by atoms with E-state index in [0.717, 1.165) is 33.0 Å². The summed E-state index contributed by atoms with van der Waals surface area (Å²) >= 11 is 0. The normalized spacial score (nSPS) is 10.9. The SMILES string of the molecule is Cc1ccc(C(=O)Oc2ccc(C(=O)Oc3c(-c4c(-c5ccccc5)cc5ccccc5c4OC(=O)c4ccc(OC(=O)c5ccc(C)cc5)cc4)c(-c4ccccc4)cc4ccccc34)cc2)cc1. The highest BCUT2D eigenvalue weighted by atomic mass is 16.5. The van der Waals surface area contributed by atoms with Crippen LogP contribution in [0.1, 0.15) is 52.6 Å². The first kappa shape index (κ1) is 44.4. The maximum atomic E-state index is 14.6. The highest BCUT2D eigenvalue weighted by Crippen LogP contribution is 2.53. The lowest BCUT2D eigenvalue weighted by atomic mass is 9.84. The second kappa shape index (κ2) is 19.4. The molecule has 0 unspecified atom stereocenters. The van der Waals surface area contributed by atoms with Crippen molar-refractivity contribution in [1.82, 2.24) is 0 Å². The Morgan fingerprint density at radius 2 is 0.614 bits per heavy atom. The molecule has 0 fully saturated rings. The van der Waals surface area contributed by atoms with E-state index < -0.39 is 23.9 Å². The van der Waals surface area contributed by atoms with Crippen LogP contribution >= 0.6 is 0 Å². The van der Waals surface area contributed by atoms with Crippen LogP contribution in [0, 0.1) is 13.8 Å². The Labute approximate surface area is 403 Å². The van der Waals surface area contributed by atoms with Crippen molar-refractivity contribution < 1.29 is 38.1 Å². The number of hydrogen-bond acceptors (Lipinski definition) is 8. The zero-order chi connectivity index (χ0) is 48.1. The highest BCUT2D eigenvalue weighted by molar-refractivity contribution is 6.13. The number of fused-ring (bicyclic) bond motifs is 2. The van der Waals surface area contributed by atoms with E-state index in [4.69, 9.17) is 18.9 Å². The summed E-state index contributed by atoms with van der Waals surface area (Å²) in [5.74, 6) is -1.40. The summed E-state index contributed by atoms with van der Waals surface area (Å²) < 4.78 is 24.6. The van der Waals surface area contributed by atoms with Crippen LogP contribution in [-0.4, -0.2) is 23.9 Å². The molecule has 0 amide bonds. The predicted molar refractivity (Wildman–Crippen MR) is 273 cm³/mol. The van der Waals surface area contributed by atoms with Crippen LogP contribution in [0.2, 0.25) is 0 Å². The molecule has 0 N–H and O–H groups in total. The molecule has 8 nitrogen and oxygen atoms in total. The molecule has 0 aromatic heterocycles. The summed E-state index contributed by atoms with van der Waals surface area (Å²) in [5, 5.41) is 2.87. The molecule has 8 heteroatoms. The second-order valence-electron chi connectivity index (χ2n) is 16.8. The quantitative estimate of drug-likeness (QED) is 0.0933. The maximum Gasteiger partial charge on any atom is 0.343 e. The summed E-state index contributed by atoms with van der Waals surface area (Å²) in [6, 6.07) is 65.5. The van der Waals surface area contributed by atoms with Gasteiger partial charge in [-0.15, -0.1) is 0 Å².